The Labute approximate surface area is 107 Å². The zero-order valence-electron chi connectivity index (χ0n) is 10.5. The molecule has 0 aromatic heterocycles. The molecule has 0 aliphatic carbocycles. The van der Waals surface area contributed by atoms with Gasteiger partial charge in [0.25, 0.3) is 0 Å². The number of hydrogen-bond donors (Lipinski definition) is 1. The molecule has 0 unspecified atom stereocenters. The summed E-state index contributed by atoms with van der Waals surface area (Å²) in [5, 5.41) is 0.614. The fourth-order valence-corrected chi connectivity index (χ4v) is 2.11. The number of rotatable bonds is 5. The van der Waals surface area contributed by atoms with Crippen LogP contribution in [0.4, 0.5) is 0 Å². The molecule has 96 valence electrons. The zero-order chi connectivity index (χ0) is 13.0. The third-order valence-electron chi connectivity index (χ3n) is 2.58. The van der Waals surface area contributed by atoms with Crippen LogP contribution in [0.3, 0.4) is 0 Å². The maximum Gasteiger partial charge on any atom is 0.167 e. The minimum absolute atomic E-state index is 0.179. The van der Waals surface area contributed by atoms with Crippen LogP contribution in [0.25, 0.3) is 0 Å². The molecule has 4 nitrogen and oxygen atoms in total. The van der Waals surface area contributed by atoms with E-state index < -0.39 is 0 Å². The van der Waals surface area contributed by atoms with E-state index >= 15 is 0 Å². The normalized spacial score (nSPS) is 10.8. The predicted molar refractivity (Wildman–Crippen MR) is 67.6 cm³/mol. The van der Waals surface area contributed by atoms with E-state index in [0.29, 0.717) is 22.1 Å². The summed E-state index contributed by atoms with van der Waals surface area (Å²) in [5.41, 5.74) is 1.69. The summed E-state index contributed by atoms with van der Waals surface area (Å²) in [6, 6.07) is 1.88. The Morgan fingerprint density at radius 2 is 1.94 bits per heavy atom. The summed E-state index contributed by atoms with van der Waals surface area (Å²) >= 11 is 6.32. The van der Waals surface area contributed by atoms with Crippen molar-refractivity contribution in [2.75, 3.05) is 14.2 Å². The minimum Gasteiger partial charge on any atom is -0.493 e. The minimum atomic E-state index is 0.179. The highest BCUT2D eigenvalue weighted by atomic mass is 35.5. The molecular formula is C12H18ClNO3. The zero-order valence-corrected chi connectivity index (χ0v) is 11.3. The summed E-state index contributed by atoms with van der Waals surface area (Å²) in [7, 11) is 3.15. The lowest BCUT2D eigenvalue weighted by molar-refractivity contribution is 0.121. The van der Waals surface area contributed by atoms with Crippen LogP contribution in [0.1, 0.15) is 30.9 Å². The van der Waals surface area contributed by atoms with Crippen LogP contribution in [-0.4, -0.2) is 14.2 Å². The maximum atomic E-state index is 6.32. The summed E-state index contributed by atoms with van der Waals surface area (Å²) in [4.78, 5) is 4.67. The Morgan fingerprint density at radius 3 is 2.35 bits per heavy atom. The van der Waals surface area contributed by atoms with E-state index in [9.17, 15) is 0 Å². The molecule has 0 aliphatic rings. The van der Waals surface area contributed by atoms with Crippen molar-refractivity contribution in [3.8, 4) is 11.5 Å². The van der Waals surface area contributed by atoms with Gasteiger partial charge in [-0.3, -0.25) is 4.84 Å². The summed E-state index contributed by atoms with van der Waals surface area (Å²) < 4.78 is 10.6. The van der Waals surface area contributed by atoms with E-state index in [4.69, 9.17) is 27.0 Å². The van der Waals surface area contributed by atoms with Gasteiger partial charge >= 0.3 is 0 Å². The van der Waals surface area contributed by atoms with E-state index in [-0.39, 0.29) is 12.5 Å². The lowest BCUT2D eigenvalue weighted by atomic mass is 9.99. The third kappa shape index (κ3) is 2.83. The number of nitrogens with two attached hydrogens (primary N) is 1. The highest BCUT2D eigenvalue weighted by Crippen LogP contribution is 2.41. The van der Waals surface area contributed by atoms with Crippen LogP contribution in [0, 0.1) is 0 Å². The van der Waals surface area contributed by atoms with Gasteiger partial charge in [-0.1, -0.05) is 25.4 Å². The molecule has 0 radical (unpaired) electrons. The van der Waals surface area contributed by atoms with Crippen LogP contribution < -0.4 is 15.4 Å². The molecule has 0 bridgehead atoms. The lowest BCUT2D eigenvalue weighted by Crippen LogP contribution is -2.06. The third-order valence-corrected chi connectivity index (χ3v) is 3.02. The molecule has 1 aromatic carbocycles. The second kappa shape index (κ2) is 6.10. The molecule has 2 N–H and O–H groups in total. The maximum absolute atomic E-state index is 6.32. The summed E-state index contributed by atoms with van der Waals surface area (Å²) in [6.45, 7) is 4.29. The summed E-state index contributed by atoms with van der Waals surface area (Å²) in [5.74, 6) is 6.59. The second-order valence-corrected chi connectivity index (χ2v) is 4.34. The van der Waals surface area contributed by atoms with Crippen molar-refractivity contribution in [3.05, 3.63) is 22.2 Å². The molecule has 0 heterocycles. The first-order valence-electron chi connectivity index (χ1n) is 5.31. The van der Waals surface area contributed by atoms with Crippen LogP contribution in [0.15, 0.2) is 6.07 Å². The van der Waals surface area contributed by atoms with Crippen LogP contribution in [-0.2, 0) is 11.4 Å². The first-order valence-corrected chi connectivity index (χ1v) is 5.69. The average molecular weight is 260 g/mol. The van der Waals surface area contributed by atoms with Crippen LogP contribution in [0.5, 0.6) is 11.5 Å². The van der Waals surface area contributed by atoms with Crippen molar-refractivity contribution in [1.29, 1.82) is 0 Å². The molecule has 0 amide bonds. The van der Waals surface area contributed by atoms with Gasteiger partial charge in [0.2, 0.25) is 0 Å². The van der Waals surface area contributed by atoms with E-state index in [0.717, 1.165) is 5.56 Å². The highest BCUT2D eigenvalue weighted by molar-refractivity contribution is 6.32. The van der Waals surface area contributed by atoms with Gasteiger partial charge in [-0.05, 0) is 17.5 Å². The van der Waals surface area contributed by atoms with Crippen LogP contribution >= 0.6 is 11.6 Å². The number of methoxy groups -OCH3 is 2. The first-order chi connectivity index (χ1) is 8.06. The molecule has 0 spiro atoms. The highest BCUT2D eigenvalue weighted by Gasteiger charge is 2.19. The van der Waals surface area contributed by atoms with Gasteiger partial charge in [-0.2, -0.15) is 0 Å². The monoisotopic (exact) mass is 259 g/mol. The molecule has 1 rings (SSSR count). The fourth-order valence-electron chi connectivity index (χ4n) is 1.70. The van der Waals surface area contributed by atoms with Gasteiger partial charge in [0.1, 0.15) is 0 Å². The van der Waals surface area contributed by atoms with Gasteiger partial charge < -0.3 is 9.47 Å². The Balaban J connectivity index is 3.45. The second-order valence-electron chi connectivity index (χ2n) is 3.96. The molecule has 17 heavy (non-hydrogen) atoms. The van der Waals surface area contributed by atoms with Gasteiger partial charge in [-0.25, -0.2) is 5.90 Å². The lowest BCUT2D eigenvalue weighted by Gasteiger charge is -2.18. The van der Waals surface area contributed by atoms with Crippen molar-refractivity contribution >= 4 is 11.6 Å². The van der Waals surface area contributed by atoms with Crippen molar-refractivity contribution in [3.63, 3.8) is 0 Å². The number of benzene rings is 1. The molecule has 1 aromatic rings. The van der Waals surface area contributed by atoms with E-state index in [2.05, 4.69) is 18.7 Å². The molecule has 0 saturated carbocycles. The van der Waals surface area contributed by atoms with Gasteiger partial charge in [0.15, 0.2) is 11.5 Å². The molecule has 0 atom stereocenters. The smallest absolute Gasteiger partial charge is 0.167 e. The Bertz CT molecular complexity index is 394. The SMILES string of the molecule is COc1cc(C(C)C)c(Cl)c(CON)c1OC. The molecule has 0 fully saturated rings. The number of halogens is 1. The molecular weight excluding hydrogens is 242 g/mol. The summed E-state index contributed by atoms with van der Waals surface area (Å²) in [6.07, 6.45) is 0. The standard InChI is InChI=1S/C12H18ClNO3/c1-7(2)8-5-10(15-3)12(16-4)9(6-17-14)11(8)13/h5,7H,6,14H2,1-4H3. The molecule has 0 saturated heterocycles. The first kappa shape index (κ1) is 14.1. The largest absolute Gasteiger partial charge is 0.493 e. The molecule has 0 aliphatic heterocycles. The Morgan fingerprint density at radius 1 is 1.29 bits per heavy atom. The van der Waals surface area contributed by atoms with Crippen molar-refractivity contribution in [2.45, 2.75) is 26.4 Å². The van der Waals surface area contributed by atoms with Crippen LogP contribution in [0.2, 0.25) is 5.02 Å². The van der Waals surface area contributed by atoms with E-state index in [1.165, 1.54) is 0 Å². The Kier molecular flexibility index (Phi) is 5.05. The van der Waals surface area contributed by atoms with E-state index in [1.54, 1.807) is 14.2 Å². The number of ether oxygens (including phenoxy) is 2. The van der Waals surface area contributed by atoms with Gasteiger partial charge in [0.05, 0.1) is 25.8 Å². The predicted octanol–water partition coefficient (Wildman–Crippen LogP) is 2.87. The topological polar surface area (TPSA) is 53.7 Å². The quantitative estimate of drug-likeness (QED) is 0.826. The van der Waals surface area contributed by atoms with Crippen molar-refractivity contribution in [1.82, 2.24) is 0 Å². The van der Waals surface area contributed by atoms with Crippen molar-refractivity contribution < 1.29 is 14.3 Å². The number of hydrogen-bond acceptors (Lipinski definition) is 4. The van der Waals surface area contributed by atoms with Crippen molar-refractivity contribution in [2.24, 2.45) is 5.90 Å². The Hall–Kier alpha value is -0.970. The fraction of sp³-hybridized carbons (Fsp3) is 0.500. The van der Waals surface area contributed by atoms with Gasteiger partial charge in [-0.15, -0.1) is 0 Å². The molecule has 5 heteroatoms. The van der Waals surface area contributed by atoms with Gasteiger partial charge in [0, 0.05) is 5.56 Å². The van der Waals surface area contributed by atoms with E-state index in [1.807, 2.05) is 6.07 Å². The average Bonchev–Trinajstić information content (AvgIpc) is 2.31.